The molecule has 2 atom stereocenters. The molecule has 1 fully saturated rings. The molecule has 0 spiro atoms. The summed E-state index contributed by atoms with van der Waals surface area (Å²) >= 11 is 3.49. The van der Waals surface area contributed by atoms with Crippen LogP contribution in [0.5, 0.6) is 5.88 Å². The molecule has 0 aromatic carbocycles. The Labute approximate surface area is 130 Å². The summed E-state index contributed by atoms with van der Waals surface area (Å²) in [6, 6.07) is 2.11. The minimum Gasteiger partial charge on any atom is -0.474 e. The van der Waals surface area contributed by atoms with Crippen LogP contribution in [-0.4, -0.2) is 17.6 Å². The Hall–Kier alpha value is -0.610. The van der Waals surface area contributed by atoms with Crippen LogP contribution in [0.3, 0.4) is 0 Å². The predicted octanol–water partition coefficient (Wildman–Crippen LogP) is 4.30. The van der Waals surface area contributed by atoms with Crippen molar-refractivity contribution < 1.29 is 4.74 Å². The van der Waals surface area contributed by atoms with Crippen LogP contribution in [0, 0.1) is 5.92 Å². The van der Waals surface area contributed by atoms with Crippen LogP contribution in [0.2, 0.25) is 0 Å². The predicted molar refractivity (Wildman–Crippen MR) is 86.0 cm³/mol. The maximum Gasteiger partial charge on any atom is 0.218 e. The van der Waals surface area contributed by atoms with Crippen LogP contribution in [0.1, 0.15) is 51.5 Å². The molecule has 1 heterocycles. The summed E-state index contributed by atoms with van der Waals surface area (Å²) in [7, 11) is 0. The zero-order chi connectivity index (χ0) is 14.4. The summed E-state index contributed by atoms with van der Waals surface area (Å²) in [6.07, 6.45) is 8.44. The van der Waals surface area contributed by atoms with Gasteiger partial charge >= 0.3 is 0 Å². The monoisotopic (exact) mass is 340 g/mol. The van der Waals surface area contributed by atoms with E-state index >= 15 is 0 Å². The van der Waals surface area contributed by atoms with E-state index in [-0.39, 0.29) is 0 Å². The summed E-state index contributed by atoms with van der Waals surface area (Å²) in [5.41, 5.74) is 1.14. The standard InChI is InChI=1S/C16H25BrN2O/c1-3-12-7-5-6-8-15(12)20-16-13(10-18-4-2)9-14(17)11-19-16/h9,11-12,15,18H,3-8,10H2,1-2H3. The smallest absolute Gasteiger partial charge is 0.218 e. The molecule has 4 heteroatoms. The fraction of sp³-hybridized carbons (Fsp3) is 0.688. The molecular formula is C16H25BrN2O. The van der Waals surface area contributed by atoms with E-state index in [4.69, 9.17) is 4.74 Å². The van der Waals surface area contributed by atoms with Crippen molar-refractivity contribution in [2.75, 3.05) is 6.54 Å². The highest BCUT2D eigenvalue weighted by atomic mass is 79.9. The van der Waals surface area contributed by atoms with Gasteiger partial charge in [-0.05, 0) is 60.1 Å². The normalized spacial score (nSPS) is 22.8. The molecule has 1 aliphatic carbocycles. The fourth-order valence-electron chi connectivity index (χ4n) is 2.90. The molecule has 1 aliphatic rings. The Morgan fingerprint density at radius 1 is 1.35 bits per heavy atom. The third kappa shape index (κ3) is 4.19. The summed E-state index contributed by atoms with van der Waals surface area (Å²) in [5, 5.41) is 3.35. The second-order valence-corrected chi connectivity index (χ2v) is 6.42. The quantitative estimate of drug-likeness (QED) is 0.838. The number of nitrogens with one attached hydrogen (secondary N) is 1. The van der Waals surface area contributed by atoms with Gasteiger partial charge in [0.2, 0.25) is 5.88 Å². The Bertz CT molecular complexity index is 425. The average molecular weight is 341 g/mol. The number of ether oxygens (including phenoxy) is 1. The van der Waals surface area contributed by atoms with E-state index in [2.05, 4.69) is 46.1 Å². The van der Waals surface area contributed by atoms with Crippen molar-refractivity contribution in [2.45, 2.75) is 58.6 Å². The van der Waals surface area contributed by atoms with Crippen molar-refractivity contribution in [3.8, 4) is 5.88 Å². The lowest BCUT2D eigenvalue weighted by molar-refractivity contribution is 0.0846. The molecule has 1 aromatic rings. The Balaban J connectivity index is 2.10. The van der Waals surface area contributed by atoms with E-state index < -0.39 is 0 Å². The van der Waals surface area contributed by atoms with Crippen LogP contribution >= 0.6 is 15.9 Å². The molecule has 3 nitrogen and oxygen atoms in total. The first-order valence-electron chi connectivity index (χ1n) is 7.76. The first kappa shape index (κ1) is 15.8. The van der Waals surface area contributed by atoms with Gasteiger partial charge in [0.1, 0.15) is 6.10 Å². The summed E-state index contributed by atoms with van der Waals surface area (Å²) < 4.78 is 7.28. The largest absolute Gasteiger partial charge is 0.474 e. The van der Waals surface area contributed by atoms with Crippen LogP contribution in [-0.2, 0) is 6.54 Å². The molecule has 0 radical (unpaired) electrons. The van der Waals surface area contributed by atoms with Gasteiger partial charge in [-0.2, -0.15) is 0 Å². The number of aromatic nitrogens is 1. The van der Waals surface area contributed by atoms with Crippen molar-refractivity contribution in [1.82, 2.24) is 10.3 Å². The second-order valence-electron chi connectivity index (χ2n) is 5.51. The molecule has 2 unspecified atom stereocenters. The average Bonchev–Trinajstić information content (AvgIpc) is 2.48. The Kier molecular flexibility index (Phi) is 6.30. The molecule has 112 valence electrons. The number of rotatable bonds is 6. The molecule has 0 bridgehead atoms. The number of hydrogen-bond acceptors (Lipinski definition) is 3. The highest BCUT2D eigenvalue weighted by Gasteiger charge is 2.26. The van der Waals surface area contributed by atoms with Gasteiger partial charge in [0, 0.05) is 22.8 Å². The van der Waals surface area contributed by atoms with Gasteiger partial charge in [-0.25, -0.2) is 4.98 Å². The molecule has 1 aromatic heterocycles. The third-order valence-corrected chi connectivity index (χ3v) is 4.52. The highest BCUT2D eigenvalue weighted by Crippen LogP contribution is 2.31. The lowest BCUT2D eigenvalue weighted by atomic mass is 9.85. The first-order chi connectivity index (χ1) is 9.74. The van der Waals surface area contributed by atoms with Gasteiger partial charge in [-0.3, -0.25) is 0 Å². The van der Waals surface area contributed by atoms with Crippen LogP contribution in [0.25, 0.3) is 0 Å². The van der Waals surface area contributed by atoms with E-state index in [0.29, 0.717) is 12.0 Å². The first-order valence-corrected chi connectivity index (χ1v) is 8.55. The van der Waals surface area contributed by atoms with Crippen molar-refractivity contribution in [1.29, 1.82) is 0 Å². The van der Waals surface area contributed by atoms with Gasteiger partial charge in [0.15, 0.2) is 0 Å². The molecular weight excluding hydrogens is 316 g/mol. The molecule has 0 aliphatic heterocycles. The minimum atomic E-state index is 0.336. The van der Waals surface area contributed by atoms with Crippen molar-refractivity contribution in [3.63, 3.8) is 0 Å². The molecule has 0 saturated heterocycles. The number of halogens is 1. The SMILES string of the molecule is CCNCc1cc(Br)cnc1OC1CCCCC1CC. The van der Waals surface area contributed by atoms with Crippen LogP contribution < -0.4 is 10.1 Å². The van der Waals surface area contributed by atoms with Crippen molar-refractivity contribution in [2.24, 2.45) is 5.92 Å². The minimum absolute atomic E-state index is 0.336. The van der Waals surface area contributed by atoms with Crippen LogP contribution in [0.15, 0.2) is 16.7 Å². The van der Waals surface area contributed by atoms with Crippen molar-refractivity contribution in [3.05, 3.63) is 22.3 Å². The van der Waals surface area contributed by atoms with Gasteiger partial charge < -0.3 is 10.1 Å². The summed E-state index contributed by atoms with van der Waals surface area (Å²) in [6.45, 7) is 6.13. The molecule has 1 saturated carbocycles. The Morgan fingerprint density at radius 2 is 2.15 bits per heavy atom. The maximum atomic E-state index is 6.27. The van der Waals surface area contributed by atoms with E-state index in [9.17, 15) is 0 Å². The fourth-order valence-corrected chi connectivity index (χ4v) is 3.28. The van der Waals surface area contributed by atoms with Gasteiger partial charge in [-0.15, -0.1) is 0 Å². The number of pyridine rings is 1. The lowest BCUT2D eigenvalue weighted by Gasteiger charge is -2.31. The van der Waals surface area contributed by atoms with E-state index in [0.717, 1.165) is 35.4 Å². The summed E-state index contributed by atoms with van der Waals surface area (Å²) in [5.74, 6) is 1.49. The zero-order valence-corrected chi connectivity index (χ0v) is 14.1. The van der Waals surface area contributed by atoms with Gasteiger partial charge in [0.25, 0.3) is 0 Å². The maximum absolute atomic E-state index is 6.27. The molecule has 0 amide bonds. The highest BCUT2D eigenvalue weighted by molar-refractivity contribution is 9.10. The zero-order valence-electron chi connectivity index (χ0n) is 12.5. The van der Waals surface area contributed by atoms with Gasteiger partial charge in [-0.1, -0.05) is 20.3 Å². The van der Waals surface area contributed by atoms with E-state index in [1.165, 1.54) is 25.7 Å². The topological polar surface area (TPSA) is 34.2 Å². The third-order valence-electron chi connectivity index (χ3n) is 4.08. The molecule has 20 heavy (non-hydrogen) atoms. The van der Waals surface area contributed by atoms with Gasteiger partial charge in [0.05, 0.1) is 0 Å². The Morgan fingerprint density at radius 3 is 2.90 bits per heavy atom. The van der Waals surface area contributed by atoms with Crippen LogP contribution in [0.4, 0.5) is 0 Å². The molecule has 2 rings (SSSR count). The lowest BCUT2D eigenvalue weighted by Crippen LogP contribution is -2.30. The number of nitrogens with zero attached hydrogens (tertiary/aromatic N) is 1. The molecule has 1 N–H and O–H groups in total. The second kappa shape index (κ2) is 7.99. The summed E-state index contributed by atoms with van der Waals surface area (Å²) in [4.78, 5) is 4.48. The van der Waals surface area contributed by atoms with E-state index in [1.807, 2.05) is 6.20 Å². The van der Waals surface area contributed by atoms with Crippen molar-refractivity contribution >= 4 is 15.9 Å². The number of hydrogen-bond donors (Lipinski definition) is 1. The van der Waals surface area contributed by atoms with E-state index in [1.54, 1.807) is 0 Å².